The number of hydrogen-bond donors (Lipinski definition) is 2. The second-order valence-electron chi connectivity index (χ2n) is 4.90. The average Bonchev–Trinajstić information content (AvgIpc) is 2.26. The molecule has 3 N–H and O–H groups in total. The van der Waals surface area contributed by atoms with Gasteiger partial charge in [0.25, 0.3) is 0 Å². The van der Waals surface area contributed by atoms with Crippen molar-refractivity contribution in [3.63, 3.8) is 0 Å². The summed E-state index contributed by atoms with van der Waals surface area (Å²) in [5, 5.41) is 0. The second-order valence-corrected chi connectivity index (χ2v) is 6.99. The Morgan fingerprint density at radius 1 is 1.50 bits per heavy atom. The van der Waals surface area contributed by atoms with Crippen molar-refractivity contribution in [3.8, 4) is 0 Å². The number of ether oxygens (including phenoxy) is 1. The number of benzene rings is 1. The molecule has 5 nitrogen and oxygen atoms in total. The molecule has 0 atom stereocenters. The molecule has 0 aliphatic carbocycles. The van der Waals surface area contributed by atoms with Crippen molar-refractivity contribution in [3.05, 3.63) is 29.6 Å². The van der Waals surface area contributed by atoms with E-state index >= 15 is 0 Å². The second kappa shape index (κ2) is 6.13. The third-order valence-electron chi connectivity index (χ3n) is 2.43. The number of nitrogens with one attached hydrogen (secondary N) is 1. The van der Waals surface area contributed by atoms with Crippen LogP contribution in [0.3, 0.4) is 0 Å². The molecule has 1 aromatic rings. The quantitative estimate of drug-likeness (QED) is 0.769. The van der Waals surface area contributed by atoms with Gasteiger partial charge >= 0.3 is 0 Å². The predicted octanol–water partition coefficient (Wildman–Crippen LogP) is 1.16. The Bertz CT molecular complexity index is 615. The van der Waals surface area contributed by atoms with E-state index in [1.54, 1.807) is 13.8 Å². The molecular formula is C12H17FN2O3S2. The fourth-order valence-electron chi connectivity index (χ4n) is 1.78. The average molecular weight is 320 g/mol. The van der Waals surface area contributed by atoms with Gasteiger partial charge in [0.15, 0.2) is 0 Å². The maximum Gasteiger partial charge on any atom is 0.241 e. The first kappa shape index (κ1) is 17.0. The highest BCUT2D eigenvalue weighted by atomic mass is 32.2. The first-order valence-corrected chi connectivity index (χ1v) is 7.61. The minimum atomic E-state index is -3.98. The lowest BCUT2D eigenvalue weighted by molar-refractivity contribution is 0.141. The lowest BCUT2D eigenvalue weighted by Gasteiger charge is -2.25. The topological polar surface area (TPSA) is 81.4 Å². The third-order valence-corrected chi connectivity index (χ3v) is 4.37. The smallest absolute Gasteiger partial charge is 0.241 e. The van der Waals surface area contributed by atoms with Crippen LogP contribution in [0.5, 0.6) is 0 Å². The molecule has 0 saturated heterocycles. The molecule has 1 rings (SSSR count). The lowest BCUT2D eigenvalue weighted by Crippen LogP contribution is -2.47. The summed E-state index contributed by atoms with van der Waals surface area (Å²) in [5.41, 5.74) is 4.27. The van der Waals surface area contributed by atoms with Gasteiger partial charge < -0.3 is 10.5 Å². The molecular weight excluding hydrogens is 303 g/mol. The van der Waals surface area contributed by atoms with E-state index in [2.05, 4.69) is 4.72 Å². The maximum absolute atomic E-state index is 13.7. The molecule has 0 saturated carbocycles. The zero-order chi connectivity index (χ0) is 15.6. The Labute approximate surface area is 123 Å². The van der Waals surface area contributed by atoms with Crippen molar-refractivity contribution in [1.82, 2.24) is 4.72 Å². The van der Waals surface area contributed by atoms with E-state index in [0.29, 0.717) is 0 Å². The normalized spacial score (nSPS) is 12.4. The number of thiocarbonyl (C=S) groups is 1. The van der Waals surface area contributed by atoms with Crippen molar-refractivity contribution >= 4 is 27.2 Å². The predicted molar refractivity (Wildman–Crippen MR) is 78.6 cm³/mol. The number of halogens is 1. The highest BCUT2D eigenvalue weighted by molar-refractivity contribution is 7.89. The van der Waals surface area contributed by atoms with Gasteiger partial charge in [-0.3, -0.25) is 0 Å². The van der Waals surface area contributed by atoms with E-state index < -0.39 is 21.4 Å². The minimum Gasteiger partial charge on any atom is -0.389 e. The zero-order valence-electron chi connectivity index (χ0n) is 11.4. The van der Waals surface area contributed by atoms with E-state index in [-0.39, 0.29) is 22.1 Å². The van der Waals surface area contributed by atoms with Crippen molar-refractivity contribution in [2.45, 2.75) is 24.3 Å². The first-order chi connectivity index (χ1) is 9.10. The SMILES string of the molecule is COCC(C)(C)NS(=O)(=O)c1cccc(F)c1C(N)=S. The molecule has 0 aliphatic rings. The maximum atomic E-state index is 13.7. The van der Waals surface area contributed by atoms with E-state index in [0.717, 1.165) is 6.07 Å². The van der Waals surface area contributed by atoms with Crippen LogP contribution in [0.1, 0.15) is 19.4 Å². The van der Waals surface area contributed by atoms with E-state index in [9.17, 15) is 12.8 Å². The van der Waals surface area contributed by atoms with Crippen LogP contribution < -0.4 is 10.5 Å². The lowest BCUT2D eigenvalue weighted by atomic mass is 10.1. The van der Waals surface area contributed by atoms with Gasteiger partial charge in [-0.05, 0) is 26.0 Å². The number of methoxy groups -OCH3 is 1. The molecule has 0 heterocycles. The van der Waals surface area contributed by atoms with E-state index in [1.165, 1.54) is 19.2 Å². The van der Waals surface area contributed by atoms with Gasteiger partial charge in [0, 0.05) is 7.11 Å². The van der Waals surface area contributed by atoms with Crippen LogP contribution in [0.25, 0.3) is 0 Å². The van der Waals surface area contributed by atoms with Crippen LogP contribution in [0.15, 0.2) is 23.1 Å². The minimum absolute atomic E-state index is 0.157. The number of hydrogen-bond acceptors (Lipinski definition) is 4. The summed E-state index contributed by atoms with van der Waals surface area (Å²) < 4.78 is 45.8. The van der Waals surface area contributed by atoms with Crippen LogP contribution in [0, 0.1) is 5.82 Å². The fourth-order valence-corrected chi connectivity index (χ4v) is 3.68. The van der Waals surface area contributed by atoms with Crippen LogP contribution in [-0.4, -0.2) is 32.7 Å². The standard InChI is InChI=1S/C12H17FN2O3S2/c1-12(2,7-18-3)15-20(16,17)9-6-4-5-8(13)10(9)11(14)19/h4-6,15H,7H2,1-3H3,(H2,14,19). The molecule has 0 fully saturated rings. The monoisotopic (exact) mass is 320 g/mol. The van der Waals surface area contributed by atoms with Crippen LogP contribution in [0.4, 0.5) is 4.39 Å². The molecule has 0 amide bonds. The Morgan fingerprint density at radius 2 is 2.10 bits per heavy atom. The molecule has 112 valence electrons. The largest absolute Gasteiger partial charge is 0.389 e. The summed E-state index contributed by atoms with van der Waals surface area (Å²) in [6.45, 7) is 3.45. The highest BCUT2D eigenvalue weighted by Gasteiger charge is 2.29. The summed E-state index contributed by atoms with van der Waals surface area (Å²) in [6, 6.07) is 3.64. The Morgan fingerprint density at radius 3 is 2.60 bits per heavy atom. The molecule has 0 radical (unpaired) electrons. The third kappa shape index (κ3) is 3.95. The Kier molecular flexibility index (Phi) is 5.20. The summed E-state index contributed by atoms with van der Waals surface area (Å²) in [6.07, 6.45) is 0. The van der Waals surface area contributed by atoms with Gasteiger partial charge in [0.05, 0.1) is 22.6 Å². The summed E-state index contributed by atoms with van der Waals surface area (Å²) >= 11 is 4.72. The molecule has 0 bridgehead atoms. The number of sulfonamides is 1. The van der Waals surface area contributed by atoms with Crippen LogP contribution in [0.2, 0.25) is 0 Å². The van der Waals surface area contributed by atoms with Crippen molar-refractivity contribution < 1.29 is 17.5 Å². The molecule has 20 heavy (non-hydrogen) atoms. The number of rotatable bonds is 6. The molecule has 0 aliphatic heterocycles. The van der Waals surface area contributed by atoms with Gasteiger partial charge in [0.2, 0.25) is 10.0 Å². The fraction of sp³-hybridized carbons (Fsp3) is 0.417. The first-order valence-electron chi connectivity index (χ1n) is 5.72. The van der Waals surface area contributed by atoms with Gasteiger partial charge in [0.1, 0.15) is 10.8 Å². The zero-order valence-corrected chi connectivity index (χ0v) is 13.1. The number of nitrogens with two attached hydrogens (primary N) is 1. The highest BCUT2D eigenvalue weighted by Crippen LogP contribution is 2.20. The van der Waals surface area contributed by atoms with Crippen molar-refractivity contribution in [1.29, 1.82) is 0 Å². The summed E-state index contributed by atoms with van der Waals surface area (Å²) in [5.74, 6) is -0.773. The molecule has 0 unspecified atom stereocenters. The van der Waals surface area contributed by atoms with Crippen molar-refractivity contribution in [2.75, 3.05) is 13.7 Å². The molecule has 1 aromatic carbocycles. The van der Waals surface area contributed by atoms with Crippen molar-refractivity contribution in [2.24, 2.45) is 5.73 Å². The summed E-state index contributed by atoms with van der Waals surface area (Å²) in [4.78, 5) is -0.595. The van der Waals surface area contributed by atoms with E-state index in [1.807, 2.05) is 0 Å². The van der Waals surface area contributed by atoms with Gasteiger partial charge in [-0.15, -0.1) is 0 Å². The van der Waals surface area contributed by atoms with E-state index in [4.69, 9.17) is 22.7 Å². The summed E-state index contributed by atoms with van der Waals surface area (Å²) in [7, 11) is -2.52. The Balaban J connectivity index is 3.30. The molecule has 8 heteroatoms. The molecule has 0 aromatic heterocycles. The Hall–Kier alpha value is -1.09. The van der Waals surface area contributed by atoms with Crippen LogP contribution >= 0.6 is 12.2 Å². The molecule has 0 spiro atoms. The van der Waals surface area contributed by atoms with Gasteiger partial charge in [-0.2, -0.15) is 0 Å². The van der Waals surface area contributed by atoms with Gasteiger partial charge in [-0.25, -0.2) is 17.5 Å². The van der Waals surface area contributed by atoms with Crippen LogP contribution in [-0.2, 0) is 14.8 Å². The van der Waals surface area contributed by atoms with Gasteiger partial charge in [-0.1, -0.05) is 18.3 Å².